The van der Waals surface area contributed by atoms with E-state index in [2.05, 4.69) is 0 Å². The molecule has 0 unspecified atom stereocenters. The molecule has 1 aromatic rings. The van der Waals surface area contributed by atoms with Gasteiger partial charge in [-0.2, -0.15) is 0 Å². The normalized spacial score (nSPS) is 8.83. The molecule has 0 saturated carbocycles. The van der Waals surface area contributed by atoms with E-state index in [-0.39, 0.29) is 38.3 Å². The molecule has 0 amide bonds. The molecular weight excluding hydrogens is 236 g/mol. The van der Waals surface area contributed by atoms with E-state index in [0.29, 0.717) is 5.56 Å². The molecule has 0 bridgehead atoms. The topological polar surface area (TPSA) is 37.3 Å². The van der Waals surface area contributed by atoms with Gasteiger partial charge in [0.05, 0.1) is 5.56 Å². The van der Waals surface area contributed by atoms with E-state index < -0.39 is 11.8 Å². The summed E-state index contributed by atoms with van der Waals surface area (Å²) in [7, 11) is 0. The maximum atomic E-state index is 12.9. The Balaban J connectivity index is 0.00000121. The second-order valence-corrected chi connectivity index (χ2v) is 2.24. The van der Waals surface area contributed by atoms with Gasteiger partial charge in [-0.1, -0.05) is 12.1 Å². The molecule has 1 rings (SSSR count). The van der Waals surface area contributed by atoms with Crippen molar-refractivity contribution in [1.29, 1.82) is 0 Å². The van der Waals surface area contributed by atoms with Gasteiger partial charge in [-0.15, -0.1) is 0 Å². The number of aromatic carboxylic acids is 1. The maximum Gasteiger partial charge on any atom is 0.338 e. The van der Waals surface area contributed by atoms with E-state index in [1.54, 1.807) is 0 Å². The Kier molecular flexibility index (Phi) is 4.57. The molecule has 4 heteroatoms. The number of aryl methyl sites for hydroxylation is 1. The average molecular weight is 243 g/mol. The van der Waals surface area contributed by atoms with Crippen LogP contribution < -0.4 is 0 Å². The summed E-state index contributed by atoms with van der Waals surface area (Å²) >= 11 is 0. The number of carboxylic acids is 1. The van der Waals surface area contributed by atoms with Crippen molar-refractivity contribution in [1.82, 2.24) is 0 Å². The Morgan fingerprint density at radius 3 is 2.50 bits per heavy atom. The molecule has 0 aliphatic heterocycles. The van der Waals surface area contributed by atoms with Crippen molar-refractivity contribution in [3.8, 4) is 0 Å². The second-order valence-electron chi connectivity index (χ2n) is 2.24. The first-order chi connectivity index (χ1) is 5.13. The summed E-state index contributed by atoms with van der Waals surface area (Å²) in [6.45, 7) is 1.53. The minimum atomic E-state index is -1.23. The zero-order valence-electron chi connectivity index (χ0n) is 6.54. The SMILES string of the molecule is Cc1cccc(C(=O)O)c1F.[Y]. The number of hydrogen-bond acceptors (Lipinski definition) is 1. The second kappa shape index (κ2) is 4.68. The van der Waals surface area contributed by atoms with Crippen molar-refractivity contribution < 1.29 is 47.0 Å². The molecule has 0 aromatic heterocycles. The molecule has 0 fully saturated rings. The third-order valence-electron chi connectivity index (χ3n) is 1.42. The van der Waals surface area contributed by atoms with Crippen LogP contribution in [0, 0.1) is 12.7 Å². The summed E-state index contributed by atoms with van der Waals surface area (Å²) in [5, 5.41) is 8.45. The number of carbonyl (C=O) groups is 1. The van der Waals surface area contributed by atoms with Crippen molar-refractivity contribution in [2.24, 2.45) is 0 Å². The molecule has 12 heavy (non-hydrogen) atoms. The van der Waals surface area contributed by atoms with Crippen LogP contribution >= 0.6 is 0 Å². The number of carboxylic acid groups (broad SMARTS) is 1. The van der Waals surface area contributed by atoms with Crippen LogP contribution in [0.4, 0.5) is 4.39 Å². The van der Waals surface area contributed by atoms with E-state index in [1.165, 1.54) is 25.1 Å². The van der Waals surface area contributed by atoms with Crippen molar-refractivity contribution in [3.05, 3.63) is 35.1 Å². The molecule has 1 radical (unpaired) electrons. The maximum absolute atomic E-state index is 12.9. The molecule has 0 aliphatic carbocycles. The fraction of sp³-hybridized carbons (Fsp3) is 0.125. The molecular formula is C8H7FO2Y. The molecule has 2 nitrogen and oxygen atoms in total. The average Bonchev–Trinajstić information content (AvgIpc) is 1.94. The standard InChI is InChI=1S/C8H7FO2.Y/c1-5-3-2-4-6(7(5)9)8(10)11;/h2-4H,1H3,(H,10,11);. The van der Waals surface area contributed by atoms with Gasteiger partial charge in [0, 0.05) is 32.7 Å². The summed E-state index contributed by atoms with van der Waals surface area (Å²) in [4.78, 5) is 10.3. The molecule has 1 N–H and O–H groups in total. The van der Waals surface area contributed by atoms with E-state index in [1.807, 2.05) is 0 Å². The van der Waals surface area contributed by atoms with Gasteiger partial charge in [0.1, 0.15) is 5.82 Å². The van der Waals surface area contributed by atoms with Crippen LogP contribution in [0.15, 0.2) is 18.2 Å². The molecule has 0 spiro atoms. The predicted molar refractivity (Wildman–Crippen MR) is 38.1 cm³/mol. The minimum Gasteiger partial charge on any atom is -0.478 e. The van der Waals surface area contributed by atoms with E-state index in [0.717, 1.165) is 0 Å². The van der Waals surface area contributed by atoms with E-state index in [9.17, 15) is 9.18 Å². The minimum absolute atomic E-state index is 0. The van der Waals surface area contributed by atoms with Crippen molar-refractivity contribution in [2.45, 2.75) is 6.92 Å². The smallest absolute Gasteiger partial charge is 0.338 e. The first-order valence-electron chi connectivity index (χ1n) is 3.11. The van der Waals surface area contributed by atoms with Crippen LogP contribution in [-0.2, 0) is 32.7 Å². The van der Waals surface area contributed by atoms with Crippen molar-refractivity contribution >= 4 is 5.97 Å². The zero-order chi connectivity index (χ0) is 8.43. The Bertz CT molecular complexity index is 299. The van der Waals surface area contributed by atoms with Crippen LogP contribution in [0.5, 0.6) is 0 Å². The summed E-state index contributed by atoms with van der Waals surface area (Å²) in [5.74, 6) is -1.88. The first kappa shape index (κ1) is 11.7. The van der Waals surface area contributed by atoms with Gasteiger partial charge >= 0.3 is 5.97 Å². The molecule has 0 atom stereocenters. The zero-order valence-corrected chi connectivity index (χ0v) is 9.38. The molecule has 0 saturated heterocycles. The molecule has 0 heterocycles. The van der Waals surface area contributed by atoms with Gasteiger partial charge in [-0.05, 0) is 18.6 Å². The summed E-state index contributed by atoms with van der Waals surface area (Å²) in [6, 6.07) is 4.29. The molecule has 61 valence electrons. The van der Waals surface area contributed by atoms with E-state index in [4.69, 9.17) is 5.11 Å². The van der Waals surface area contributed by atoms with Crippen molar-refractivity contribution in [3.63, 3.8) is 0 Å². The van der Waals surface area contributed by atoms with Crippen molar-refractivity contribution in [2.75, 3.05) is 0 Å². The van der Waals surface area contributed by atoms with Gasteiger partial charge in [-0.3, -0.25) is 0 Å². The van der Waals surface area contributed by atoms with Gasteiger partial charge in [-0.25, -0.2) is 9.18 Å². The predicted octanol–water partition coefficient (Wildman–Crippen LogP) is 1.83. The Morgan fingerprint density at radius 2 is 2.08 bits per heavy atom. The fourth-order valence-electron chi connectivity index (χ4n) is 0.813. The Hall–Kier alpha value is -0.276. The number of hydrogen-bond donors (Lipinski definition) is 1. The number of benzene rings is 1. The Morgan fingerprint density at radius 1 is 1.50 bits per heavy atom. The van der Waals surface area contributed by atoms with Crippen LogP contribution in [-0.4, -0.2) is 11.1 Å². The van der Waals surface area contributed by atoms with Crippen LogP contribution in [0.1, 0.15) is 15.9 Å². The third kappa shape index (κ3) is 2.36. The number of rotatable bonds is 1. The van der Waals surface area contributed by atoms with Crippen LogP contribution in [0.2, 0.25) is 0 Å². The van der Waals surface area contributed by atoms with Gasteiger partial charge in [0.25, 0.3) is 0 Å². The first-order valence-corrected chi connectivity index (χ1v) is 3.11. The third-order valence-corrected chi connectivity index (χ3v) is 1.42. The monoisotopic (exact) mass is 243 g/mol. The Labute approximate surface area is 94.7 Å². The molecule has 1 aromatic carbocycles. The summed E-state index contributed by atoms with van der Waals surface area (Å²) < 4.78 is 12.9. The quantitative estimate of drug-likeness (QED) is 0.816. The van der Waals surface area contributed by atoms with Gasteiger partial charge in [0.15, 0.2) is 0 Å². The molecule has 0 aliphatic rings. The summed E-state index contributed by atoms with van der Waals surface area (Å²) in [6.07, 6.45) is 0. The van der Waals surface area contributed by atoms with Crippen LogP contribution in [0.25, 0.3) is 0 Å². The summed E-state index contributed by atoms with van der Waals surface area (Å²) in [5.41, 5.74) is 0.0786. The van der Waals surface area contributed by atoms with Crippen LogP contribution in [0.3, 0.4) is 0 Å². The number of halogens is 1. The van der Waals surface area contributed by atoms with Gasteiger partial charge in [0.2, 0.25) is 0 Å². The fourth-order valence-corrected chi connectivity index (χ4v) is 0.813. The largest absolute Gasteiger partial charge is 0.478 e. The van der Waals surface area contributed by atoms with Gasteiger partial charge < -0.3 is 5.11 Å². The van der Waals surface area contributed by atoms with E-state index >= 15 is 0 Å².